The second-order valence-corrected chi connectivity index (χ2v) is 15.4. The molecule has 0 aromatic rings. The Bertz CT molecular complexity index is 768. The minimum atomic E-state index is -0.824. The van der Waals surface area contributed by atoms with E-state index in [0.29, 0.717) is 24.7 Å². The van der Waals surface area contributed by atoms with E-state index in [1.54, 1.807) is 0 Å². The Hall–Kier alpha value is -0.160. The van der Waals surface area contributed by atoms with Crippen LogP contribution in [-0.2, 0) is 0 Å². The first-order valence-corrected chi connectivity index (χ1v) is 14.2. The fourth-order valence-corrected chi connectivity index (χ4v) is 10.5. The van der Waals surface area contributed by atoms with Crippen molar-refractivity contribution < 1.29 is 20.4 Å². The van der Waals surface area contributed by atoms with Crippen LogP contribution in [0, 0.1) is 45.3 Å². The third-order valence-electron chi connectivity index (χ3n) is 12.6. The van der Waals surface area contributed by atoms with Gasteiger partial charge in [0.1, 0.15) is 0 Å². The molecule has 4 saturated carbocycles. The van der Waals surface area contributed by atoms with Crippen LogP contribution in [0.3, 0.4) is 0 Å². The van der Waals surface area contributed by atoms with Gasteiger partial charge in [0, 0.05) is 0 Å². The van der Waals surface area contributed by atoms with Gasteiger partial charge in [0.25, 0.3) is 0 Å². The zero-order valence-electron chi connectivity index (χ0n) is 23.3. The van der Waals surface area contributed by atoms with Crippen molar-refractivity contribution in [3.63, 3.8) is 0 Å². The molecule has 10 atom stereocenters. The lowest BCUT2D eigenvalue weighted by atomic mass is 9.35. The Morgan fingerprint density at radius 1 is 0.765 bits per heavy atom. The molecule has 4 rings (SSSR count). The molecule has 4 fully saturated rings. The molecule has 0 spiro atoms. The van der Waals surface area contributed by atoms with Gasteiger partial charge in [-0.3, -0.25) is 0 Å². The van der Waals surface area contributed by atoms with Crippen molar-refractivity contribution in [3.8, 4) is 0 Å². The molecule has 0 radical (unpaired) electrons. The zero-order chi connectivity index (χ0) is 25.5. The van der Waals surface area contributed by atoms with Crippen LogP contribution >= 0.6 is 0 Å². The van der Waals surface area contributed by atoms with Crippen LogP contribution in [0.1, 0.15) is 120 Å². The van der Waals surface area contributed by atoms with Crippen LogP contribution in [0.2, 0.25) is 0 Å². The molecule has 198 valence electrons. The van der Waals surface area contributed by atoms with Crippen LogP contribution in [0.25, 0.3) is 0 Å². The maximum absolute atomic E-state index is 11.8. The van der Waals surface area contributed by atoms with E-state index in [-0.39, 0.29) is 45.7 Å². The molecule has 0 bridgehead atoms. The molecule has 34 heavy (non-hydrogen) atoms. The number of hydrogen-bond donors (Lipinski definition) is 4. The Kier molecular flexibility index (Phi) is 6.46. The fraction of sp³-hybridized carbons (Fsp3) is 1.00. The van der Waals surface area contributed by atoms with E-state index >= 15 is 0 Å². The summed E-state index contributed by atoms with van der Waals surface area (Å²) >= 11 is 0. The maximum Gasteiger partial charge on any atom is 0.0651 e. The monoisotopic (exact) mass is 478 g/mol. The van der Waals surface area contributed by atoms with Gasteiger partial charge in [0.2, 0.25) is 0 Å². The molecular formula is C30H54O4. The molecule has 0 aromatic carbocycles. The number of aliphatic hydroxyl groups is 4. The van der Waals surface area contributed by atoms with Crippen molar-refractivity contribution in [1.82, 2.24) is 0 Å². The number of fused-ring (bicyclic) bond motifs is 5. The van der Waals surface area contributed by atoms with Gasteiger partial charge in [-0.2, -0.15) is 0 Å². The third-order valence-corrected chi connectivity index (χ3v) is 12.6. The molecule has 0 aromatic heterocycles. The van der Waals surface area contributed by atoms with Gasteiger partial charge in [0.05, 0.1) is 23.4 Å². The van der Waals surface area contributed by atoms with E-state index in [1.807, 2.05) is 20.8 Å². The highest BCUT2D eigenvalue weighted by Crippen LogP contribution is 2.75. The van der Waals surface area contributed by atoms with E-state index < -0.39 is 11.2 Å². The average Bonchev–Trinajstić information content (AvgIpc) is 3.07. The molecule has 4 N–H and O–H groups in total. The smallest absolute Gasteiger partial charge is 0.0651 e. The molecule has 4 nitrogen and oxygen atoms in total. The highest BCUT2D eigenvalue weighted by molar-refractivity contribution is 5.19. The maximum atomic E-state index is 11.8. The molecule has 4 heteroatoms. The van der Waals surface area contributed by atoms with Gasteiger partial charge in [-0.15, -0.1) is 0 Å². The number of rotatable bonds is 5. The summed E-state index contributed by atoms with van der Waals surface area (Å²) in [4.78, 5) is 0. The van der Waals surface area contributed by atoms with Crippen molar-refractivity contribution in [2.45, 2.75) is 143 Å². The predicted octanol–water partition coefficient (Wildman–Crippen LogP) is 5.70. The van der Waals surface area contributed by atoms with Gasteiger partial charge in [0.15, 0.2) is 0 Å². The minimum absolute atomic E-state index is 0.00836. The molecule has 4 aliphatic rings. The van der Waals surface area contributed by atoms with E-state index in [2.05, 4.69) is 34.6 Å². The molecule has 0 aliphatic heterocycles. The fourth-order valence-electron chi connectivity index (χ4n) is 10.5. The van der Waals surface area contributed by atoms with Crippen LogP contribution in [0.5, 0.6) is 0 Å². The lowest BCUT2D eigenvalue weighted by Gasteiger charge is -2.70. The predicted molar refractivity (Wildman–Crippen MR) is 137 cm³/mol. The van der Waals surface area contributed by atoms with Crippen LogP contribution in [0.15, 0.2) is 0 Å². The second-order valence-electron chi connectivity index (χ2n) is 15.4. The lowest BCUT2D eigenvalue weighted by molar-refractivity contribution is -0.246. The summed E-state index contributed by atoms with van der Waals surface area (Å²) in [5.41, 5.74) is -1.33. The quantitative estimate of drug-likeness (QED) is 0.409. The number of aliphatic hydroxyl groups excluding tert-OH is 2. The summed E-state index contributed by atoms with van der Waals surface area (Å²) in [7, 11) is 0. The first kappa shape index (κ1) is 26.9. The van der Waals surface area contributed by atoms with E-state index in [0.717, 1.165) is 51.4 Å². The van der Waals surface area contributed by atoms with Gasteiger partial charge in [-0.25, -0.2) is 0 Å². The van der Waals surface area contributed by atoms with Gasteiger partial charge >= 0.3 is 0 Å². The summed E-state index contributed by atoms with van der Waals surface area (Å²) in [6.07, 6.45) is 8.62. The lowest BCUT2D eigenvalue weighted by Crippen LogP contribution is -2.66. The van der Waals surface area contributed by atoms with Crippen LogP contribution in [-0.4, -0.2) is 43.8 Å². The Balaban J connectivity index is 1.62. The van der Waals surface area contributed by atoms with Crippen molar-refractivity contribution in [3.05, 3.63) is 0 Å². The summed E-state index contributed by atoms with van der Waals surface area (Å²) in [6, 6.07) is 0. The zero-order valence-corrected chi connectivity index (χ0v) is 23.3. The molecule has 0 saturated heterocycles. The molecule has 2 unspecified atom stereocenters. The van der Waals surface area contributed by atoms with Crippen molar-refractivity contribution >= 4 is 0 Å². The topological polar surface area (TPSA) is 80.9 Å². The SMILES string of the molecule is CC(C)(O)CCC[C@](C)(O)[C@H]1CC[C@@]2(C)[C@H]1[C@@H](O)C[C@@H]1[C@@]3(C)CCC(O)C(C)(C)C3CC[C@]12C. The average molecular weight is 479 g/mol. The first-order chi connectivity index (χ1) is 15.4. The summed E-state index contributed by atoms with van der Waals surface area (Å²) in [5, 5.41) is 44.5. The molecular weight excluding hydrogens is 424 g/mol. The van der Waals surface area contributed by atoms with Crippen LogP contribution in [0.4, 0.5) is 0 Å². The largest absolute Gasteiger partial charge is 0.393 e. The van der Waals surface area contributed by atoms with Crippen molar-refractivity contribution in [1.29, 1.82) is 0 Å². The molecule has 0 amide bonds. The Morgan fingerprint density at radius 2 is 1.38 bits per heavy atom. The highest BCUT2D eigenvalue weighted by atomic mass is 16.3. The highest BCUT2D eigenvalue weighted by Gasteiger charge is 2.71. The van der Waals surface area contributed by atoms with Crippen LogP contribution < -0.4 is 0 Å². The summed E-state index contributed by atoms with van der Waals surface area (Å²) in [5.74, 6) is 1.15. The second kappa shape index (κ2) is 8.17. The van der Waals surface area contributed by atoms with E-state index in [9.17, 15) is 20.4 Å². The minimum Gasteiger partial charge on any atom is -0.393 e. The van der Waals surface area contributed by atoms with E-state index in [4.69, 9.17) is 0 Å². The Morgan fingerprint density at radius 3 is 2.00 bits per heavy atom. The van der Waals surface area contributed by atoms with Gasteiger partial charge in [-0.1, -0.05) is 34.6 Å². The van der Waals surface area contributed by atoms with E-state index in [1.165, 1.54) is 0 Å². The normalized spacial score (nSPS) is 50.1. The van der Waals surface area contributed by atoms with Crippen molar-refractivity contribution in [2.75, 3.05) is 0 Å². The van der Waals surface area contributed by atoms with Gasteiger partial charge < -0.3 is 20.4 Å². The van der Waals surface area contributed by atoms with Crippen molar-refractivity contribution in [2.24, 2.45) is 45.3 Å². The Labute approximate surface area is 208 Å². The third kappa shape index (κ3) is 3.84. The molecule has 0 heterocycles. The first-order valence-electron chi connectivity index (χ1n) is 14.2. The van der Waals surface area contributed by atoms with Gasteiger partial charge in [-0.05, 0) is 130 Å². The summed E-state index contributed by atoms with van der Waals surface area (Å²) in [6.45, 7) is 17.6. The standard InChI is InChI=1S/C30H54O4/c1-25(2,33)13-9-14-30(8,34)19-10-16-29(7)24(19)20(31)18-22-27(5)15-12-23(32)26(3,4)21(27)11-17-28(22,29)6/h19-24,31-34H,9-18H2,1-8H3/t19-,20-,21?,22+,23?,24+,27-,28+,29-,30-/m0/s1. The molecule has 4 aliphatic carbocycles. The number of hydrogen-bond acceptors (Lipinski definition) is 4. The summed E-state index contributed by atoms with van der Waals surface area (Å²) < 4.78 is 0.